The van der Waals surface area contributed by atoms with Crippen LogP contribution in [0.25, 0.3) is 0 Å². The second-order valence-electron chi connectivity index (χ2n) is 10.0. The molecule has 3 atom stereocenters. The summed E-state index contributed by atoms with van der Waals surface area (Å²) in [7, 11) is -3.89. The van der Waals surface area contributed by atoms with Crippen LogP contribution < -0.4 is 9.62 Å². The van der Waals surface area contributed by atoms with E-state index in [1.165, 1.54) is 4.31 Å². The first kappa shape index (κ1) is 24.3. The van der Waals surface area contributed by atoms with Crippen molar-refractivity contribution in [2.24, 2.45) is 0 Å². The van der Waals surface area contributed by atoms with E-state index in [0.29, 0.717) is 18.7 Å². The molecule has 0 aromatic heterocycles. The van der Waals surface area contributed by atoms with E-state index in [-0.39, 0.29) is 11.3 Å². The van der Waals surface area contributed by atoms with Crippen molar-refractivity contribution >= 4 is 21.8 Å². The molecule has 1 unspecified atom stereocenters. The van der Waals surface area contributed by atoms with Gasteiger partial charge in [0.05, 0.1) is 22.7 Å². The van der Waals surface area contributed by atoms with Gasteiger partial charge in [0.25, 0.3) is 10.0 Å². The Morgan fingerprint density at radius 3 is 2.53 bits per heavy atom. The fraction of sp³-hybridized carbons (Fsp3) is 0.423. The van der Waals surface area contributed by atoms with E-state index in [1.54, 1.807) is 51.1 Å². The molecule has 0 radical (unpaired) electrons. The fourth-order valence-electron chi connectivity index (χ4n) is 4.90. The summed E-state index contributed by atoms with van der Waals surface area (Å²) in [5, 5.41) is 13.3. The second-order valence-corrected chi connectivity index (χ2v) is 11.8. The molecule has 2 aromatic carbocycles. The Labute approximate surface area is 201 Å². The van der Waals surface area contributed by atoms with Gasteiger partial charge < -0.3 is 15.2 Å². The van der Waals surface area contributed by atoms with Crippen molar-refractivity contribution in [3.05, 3.63) is 71.8 Å². The summed E-state index contributed by atoms with van der Waals surface area (Å²) < 4.78 is 34.6. The SMILES string of the molecule is Cc1ccc(S(=O)(=O)N2c3ccccc3[C@]3(CCNC(=O)OC(C)(C)C)C=CC(O)C[C@H]23)cc1. The number of carbonyl (C=O) groups excluding carboxylic acids is 1. The summed E-state index contributed by atoms with van der Waals surface area (Å²) in [5.74, 6) is 0. The number of para-hydroxylation sites is 1. The lowest BCUT2D eigenvalue weighted by atomic mass is 9.69. The van der Waals surface area contributed by atoms with E-state index in [2.05, 4.69) is 5.32 Å². The number of nitrogens with one attached hydrogen (secondary N) is 1. The number of alkyl carbamates (subject to hydrolysis) is 1. The second kappa shape index (κ2) is 8.74. The molecule has 1 heterocycles. The Morgan fingerprint density at radius 2 is 1.85 bits per heavy atom. The number of benzene rings is 2. The molecule has 2 aromatic rings. The van der Waals surface area contributed by atoms with Gasteiger partial charge in [-0.05, 0) is 64.3 Å². The molecule has 7 nitrogen and oxygen atoms in total. The number of fused-ring (bicyclic) bond motifs is 3. The third-order valence-electron chi connectivity index (χ3n) is 6.39. The molecule has 2 aliphatic rings. The van der Waals surface area contributed by atoms with Crippen LogP contribution in [0.15, 0.2) is 65.6 Å². The van der Waals surface area contributed by atoms with Crippen molar-refractivity contribution < 1.29 is 23.1 Å². The van der Waals surface area contributed by atoms with Gasteiger partial charge in [-0.2, -0.15) is 0 Å². The van der Waals surface area contributed by atoms with Crippen molar-refractivity contribution in [1.82, 2.24) is 5.32 Å². The van der Waals surface area contributed by atoms with Crippen molar-refractivity contribution in [3.63, 3.8) is 0 Å². The van der Waals surface area contributed by atoms with Gasteiger partial charge in [-0.1, -0.05) is 48.0 Å². The van der Waals surface area contributed by atoms with Crippen LogP contribution >= 0.6 is 0 Å². The largest absolute Gasteiger partial charge is 0.444 e. The van der Waals surface area contributed by atoms with Crippen molar-refractivity contribution in [3.8, 4) is 0 Å². The van der Waals surface area contributed by atoms with E-state index in [1.807, 2.05) is 37.3 Å². The number of rotatable bonds is 5. The van der Waals surface area contributed by atoms with Gasteiger partial charge in [0.1, 0.15) is 5.60 Å². The highest BCUT2D eigenvalue weighted by molar-refractivity contribution is 7.92. The number of carbonyl (C=O) groups is 1. The number of sulfonamides is 1. The molecule has 0 fully saturated rings. The minimum absolute atomic E-state index is 0.208. The average molecular weight is 485 g/mol. The van der Waals surface area contributed by atoms with Crippen LogP contribution in [0.1, 0.15) is 44.7 Å². The molecular weight excluding hydrogens is 452 g/mol. The van der Waals surface area contributed by atoms with E-state index in [0.717, 1.165) is 11.1 Å². The van der Waals surface area contributed by atoms with Crippen LogP contribution in [-0.4, -0.2) is 43.9 Å². The highest BCUT2D eigenvalue weighted by Gasteiger charge is 2.54. The fourth-order valence-corrected chi connectivity index (χ4v) is 6.64. The first-order valence-corrected chi connectivity index (χ1v) is 12.9. The molecule has 0 bridgehead atoms. The quantitative estimate of drug-likeness (QED) is 0.625. The molecule has 2 N–H and O–H groups in total. The van der Waals surface area contributed by atoms with Crippen LogP contribution in [0.5, 0.6) is 0 Å². The summed E-state index contributed by atoms with van der Waals surface area (Å²) in [6.07, 6.45) is 3.06. The van der Waals surface area contributed by atoms with Gasteiger partial charge in [-0.3, -0.25) is 4.31 Å². The Kier molecular flexibility index (Phi) is 6.25. The number of ether oxygens (including phenoxy) is 1. The number of aryl methyl sites for hydroxylation is 1. The van der Waals surface area contributed by atoms with Crippen molar-refractivity contribution in [2.45, 2.75) is 68.6 Å². The lowest BCUT2D eigenvalue weighted by Crippen LogP contribution is -2.51. The summed E-state index contributed by atoms with van der Waals surface area (Å²) >= 11 is 0. The number of aliphatic hydroxyl groups excluding tert-OH is 1. The lowest BCUT2D eigenvalue weighted by molar-refractivity contribution is 0.0523. The molecule has 1 aliphatic carbocycles. The van der Waals surface area contributed by atoms with E-state index >= 15 is 0 Å². The minimum Gasteiger partial charge on any atom is -0.444 e. The Hall–Kier alpha value is -2.84. The van der Waals surface area contributed by atoms with Gasteiger partial charge >= 0.3 is 6.09 Å². The number of hydrogen-bond donors (Lipinski definition) is 2. The maximum absolute atomic E-state index is 13.9. The van der Waals surface area contributed by atoms with Gasteiger partial charge in [0.2, 0.25) is 0 Å². The maximum Gasteiger partial charge on any atom is 0.407 e. The van der Waals surface area contributed by atoms with Gasteiger partial charge in [0.15, 0.2) is 0 Å². The molecule has 8 heteroatoms. The third-order valence-corrected chi connectivity index (χ3v) is 8.22. The minimum atomic E-state index is -3.89. The van der Waals surface area contributed by atoms with Crippen molar-refractivity contribution in [2.75, 3.05) is 10.8 Å². The zero-order valence-electron chi connectivity index (χ0n) is 20.0. The highest BCUT2D eigenvalue weighted by atomic mass is 32.2. The van der Waals surface area contributed by atoms with E-state index in [9.17, 15) is 18.3 Å². The number of nitrogens with zero attached hydrogens (tertiary/aromatic N) is 1. The summed E-state index contributed by atoms with van der Waals surface area (Å²) in [6.45, 7) is 7.60. The number of aliphatic hydroxyl groups is 1. The van der Waals surface area contributed by atoms with Crippen LogP contribution in [0.2, 0.25) is 0 Å². The third kappa shape index (κ3) is 4.44. The molecule has 0 saturated heterocycles. The first-order valence-electron chi connectivity index (χ1n) is 11.5. The number of hydrogen-bond acceptors (Lipinski definition) is 5. The monoisotopic (exact) mass is 484 g/mol. The maximum atomic E-state index is 13.9. The normalized spacial score (nSPS) is 23.9. The first-order chi connectivity index (χ1) is 15.9. The smallest absolute Gasteiger partial charge is 0.407 e. The molecule has 4 rings (SSSR count). The standard InChI is InChI=1S/C26H32N2O5S/c1-18-9-11-20(12-10-18)34(31,32)28-22-8-6-5-7-21(22)26(14-13-19(29)17-23(26)28)15-16-27-24(30)33-25(2,3)4/h5-14,19,23,29H,15-17H2,1-4H3,(H,27,30)/t19?,23-,26+/m0/s1. The molecule has 182 valence electrons. The molecule has 1 amide bonds. The topological polar surface area (TPSA) is 95.9 Å². The number of anilines is 1. The molecular formula is C26H32N2O5S. The van der Waals surface area contributed by atoms with Gasteiger partial charge in [-0.15, -0.1) is 0 Å². The summed E-state index contributed by atoms with van der Waals surface area (Å²) in [4.78, 5) is 12.4. The van der Waals surface area contributed by atoms with Crippen molar-refractivity contribution in [1.29, 1.82) is 0 Å². The number of amides is 1. The zero-order chi connectivity index (χ0) is 24.7. The predicted molar refractivity (Wildman–Crippen MR) is 131 cm³/mol. The molecule has 0 spiro atoms. The van der Waals surface area contributed by atoms with Gasteiger partial charge in [0, 0.05) is 12.0 Å². The van der Waals surface area contributed by atoms with Gasteiger partial charge in [-0.25, -0.2) is 13.2 Å². The van der Waals surface area contributed by atoms with E-state index < -0.39 is 39.3 Å². The zero-order valence-corrected chi connectivity index (χ0v) is 20.8. The molecule has 1 aliphatic heterocycles. The summed E-state index contributed by atoms with van der Waals surface area (Å²) in [5.41, 5.74) is 1.13. The lowest BCUT2D eigenvalue weighted by Gasteiger charge is -2.40. The van der Waals surface area contributed by atoms with Crippen LogP contribution in [0.4, 0.5) is 10.5 Å². The Bertz CT molecular complexity index is 1200. The van der Waals surface area contributed by atoms with Crippen LogP contribution in [-0.2, 0) is 20.2 Å². The molecule has 0 saturated carbocycles. The highest BCUT2D eigenvalue weighted by Crippen LogP contribution is 2.53. The predicted octanol–water partition coefficient (Wildman–Crippen LogP) is 4.05. The summed E-state index contributed by atoms with van der Waals surface area (Å²) in [6, 6.07) is 13.7. The molecule has 34 heavy (non-hydrogen) atoms. The average Bonchev–Trinajstić information content (AvgIpc) is 3.03. The van der Waals surface area contributed by atoms with Crippen LogP contribution in [0.3, 0.4) is 0 Å². The Morgan fingerprint density at radius 1 is 1.18 bits per heavy atom. The van der Waals surface area contributed by atoms with Crippen LogP contribution in [0, 0.1) is 6.92 Å². The van der Waals surface area contributed by atoms with E-state index in [4.69, 9.17) is 4.74 Å². The Balaban J connectivity index is 1.72.